The molecule has 5 heteroatoms. The molecule has 0 bridgehead atoms. The van der Waals surface area contributed by atoms with E-state index in [1.807, 2.05) is 20.8 Å². The van der Waals surface area contributed by atoms with Crippen molar-refractivity contribution in [3.05, 3.63) is 0 Å². The number of piperidine rings is 1. The second-order valence-electron chi connectivity index (χ2n) is 8.38. The number of hydrogen-bond donors (Lipinski definition) is 1. The minimum absolute atomic E-state index is 0.0608. The summed E-state index contributed by atoms with van der Waals surface area (Å²) in [5.41, 5.74) is -0.359. The molecule has 0 radical (unpaired) electrons. The number of ether oxygens (including phenoxy) is 1. The molecule has 0 aromatic rings. The molecule has 24 heavy (non-hydrogen) atoms. The van der Waals surface area contributed by atoms with E-state index < -0.39 is 0 Å². The van der Waals surface area contributed by atoms with Gasteiger partial charge >= 0.3 is 5.97 Å². The molecule has 5 nitrogen and oxygen atoms in total. The molecule has 0 aromatic carbocycles. The van der Waals surface area contributed by atoms with Crippen molar-refractivity contribution in [2.24, 2.45) is 5.92 Å². The van der Waals surface area contributed by atoms with E-state index in [1.165, 1.54) is 58.7 Å². The predicted molar refractivity (Wildman–Crippen MR) is 98.2 cm³/mol. The molecule has 0 spiro atoms. The highest BCUT2D eigenvalue weighted by atomic mass is 16.6. The zero-order chi connectivity index (χ0) is 17.4. The number of nitrogens with one attached hydrogen (secondary N) is 1. The fraction of sp³-hybridized carbons (Fsp3) is 0.947. The third-order valence-corrected chi connectivity index (χ3v) is 4.97. The molecule has 2 aliphatic heterocycles. The van der Waals surface area contributed by atoms with Crippen LogP contribution in [0.15, 0.2) is 0 Å². The van der Waals surface area contributed by atoms with Crippen LogP contribution < -0.4 is 5.32 Å². The Kier molecular flexibility index (Phi) is 7.98. The van der Waals surface area contributed by atoms with Crippen molar-refractivity contribution in [2.75, 3.05) is 52.4 Å². The standard InChI is InChI=1S/C19H37N3O2/c1-19(2,3)24-18(23)6-4-5-11-21-12-14-22(15-13-21)16-17-7-9-20-10-8-17/h17,20H,4-16H2,1-3H3. The number of nitrogens with zero attached hydrogens (tertiary/aromatic N) is 2. The first-order valence-electron chi connectivity index (χ1n) is 9.80. The molecule has 1 N–H and O–H groups in total. The second-order valence-corrected chi connectivity index (χ2v) is 8.38. The summed E-state index contributed by atoms with van der Waals surface area (Å²) in [4.78, 5) is 16.9. The van der Waals surface area contributed by atoms with E-state index in [9.17, 15) is 4.79 Å². The number of carbonyl (C=O) groups is 1. The van der Waals surface area contributed by atoms with Gasteiger partial charge < -0.3 is 19.9 Å². The van der Waals surface area contributed by atoms with Crippen molar-refractivity contribution >= 4 is 5.97 Å². The van der Waals surface area contributed by atoms with Crippen molar-refractivity contribution in [1.29, 1.82) is 0 Å². The van der Waals surface area contributed by atoms with Gasteiger partial charge in [-0.1, -0.05) is 0 Å². The Labute approximate surface area is 148 Å². The lowest BCUT2D eigenvalue weighted by Crippen LogP contribution is -2.48. The Morgan fingerprint density at radius 2 is 1.67 bits per heavy atom. The summed E-state index contributed by atoms with van der Waals surface area (Å²) in [5, 5.41) is 3.45. The minimum Gasteiger partial charge on any atom is -0.460 e. The normalized spacial score (nSPS) is 21.8. The SMILES string of the molecule is CC(C)(C)OC(=O)CCCCN1CCN(CC2CCNCC2)CC1. The zero-order valence-electron chi connectivity index (χ0n) is 16.0. The number of rotatable bonds is 7. The van der Waals surface area contributed by atoms with Crippen molar-refractivity contribution in [1.82, 2.24) is 15.1 Å². The van der Waals surface area contributed by atoms with E-state index in [0.717, 1.165) is 25.3 Å². The van der Waals surface area contributed by atoms with Crippen LogP contribution >= 0.6 is 0 Å². The number of carbonyl (C=O) groups excluding carboxylic acids is 1. The van der Waals surface area contributed by atoms with Crippen LogP contribution in [0.3, 0.4) is 0 Å². The highest BCUT2D eigenvalue weighted by Gasteiger charge is 2.21. The number of unbranched alkanes of at least 4 members (excludes halogenated alkanes) is 1. The van der Waals surface area contributed by atoms with Crippen LogP contribution in [-0.2, 0) is 9.53 Å². The van der Waals surface area contributed by atoms with Crippen LogP contribution in [0.5, 0.6) is 0 Å². The quantitative estimate of drug-likeness (QED) is 0.568. The average Bonchev–Trinajstić information content (AvgIpc) is 2.52. The maximum Gasteiger partial charge on any atom is 0.306 e. The van der Waals surface area contributed by atoms with Crippen molar-refractivity contribution in [3.8, 4) is 0 Å². The Bertz CT molecular complexity index is 367. The summed E-state index contributed by atoms with van der Waals surface area (Å²) in [6, 6.07) is 0. The summed E-state index contributed by atoms with van der Waals surface area (Å²) in [6.07, 6.45) is 5.25. The monoisotopic (exact) mass is 339 g/mol. The molecule has 0 aliphatic carbocycles. The molecular weight excluding hydrogens is 302 g/mol. The number of esters is 1. The molecule has 2 aliphatic rings. The van der Waals surface area contributed by atoms with Gasteiger partial charge in [-0.15, -0.1) is 0 Å². The molecule has 2 rings (SSSR count). The Morgan fingerprint density at radius 3 is 2.29 bits per heavy atom. The second kappa shape index (κ2) is 9.73. The Balaban J connectivity index is 1.51. The molecule has 0 aromatic heterocycles. The van der Waals surface area contributed by atoms with Crippen LogP contribution in [0.25, 0.3) is 0 Å². The molecule has 0 saturated carbocycles. The van der Waals surface area contributed by atoms with E-state index in [1.54, 1.807) is 0 Å². The van der Waals surface area contributed by atoms with Gasteiger partial charge in [0.15, 0.2) is 0 Å². The smallest absolute Gasteiger partial charge is 0.306 e. The first-order chi connectivity index (χ1) is 11.4. The maximum atomic E-state index is 11.7. The van der Waals surface area contributed by atoms with Gasteiger partial charge in [0.25, 0.3) is 0 Å². The van der Waals surface area contributed by atoms with Gasteiger partial charge in [-0.25, -0.2) is 0 Å². The highest BCUT2D eigenvalue weighted by molar-refractivity contribution is 5.69. The van der Waals surface area contributed by atoms with Gasteiger partial charge in [0, 0.05) is 39.1 Å². The van der Waals surface area contributed by atoms with Crippen LogP contribution in [0, 0.1) is 5.92 Å². The van der Waals surface area contributed by atoms with Crippen LogP contribution in [0.1, 0.15) is 52.9 Å². The van der Waals surface area contributed by atoms with Crippen molar-refractivity contribution in [2.45, 2.75) is 58.5 Å². The largest absolute Gasteiger partial charge is 0.460 e. The van der Waals surface area contributed by atoms with Crippen LogP contribution in [-0.4, -0.2) is 73.7 Å². The minimum atomic E-state index is -0.359. The van der Waals surface area contributed by atoms with E-state index in [2.05, 4.69) is 15.1 Å². The predicted octanol–water partition coefficient (Wildman–Crippen LogP) is 2.12. The number of piperazine rings is 1. The van der Waals surface area contributed by atoms with E-state index >= 15 is 0 Å². The third-order valence-electron chi connectivity index (χ3n) is 4.97. The molecule has 0 unspecified atom stereocenters. The fourth-order valence-corrected chi connectivity index (χ4v) is 3.62. The first kappa shape index (κ1) is 19.7. The lowest BCUT2D eigenvalue weighted by atomic mass is 9.97. The summed E-state index contributed by atoms with van der Waals surface area (Å²) in [6.45, 7) is 15.3. The van der Waals surface area contributed by atoms with Crippen LogP contribution in [0.4, 0.5) is 0 Å². The number of hydrogen-bond acceptors (Lipinski definition) is 5. The third kappa shape index (κ3) is 7.95. The van der Waals surface area contributed by atoms with Crippen molar-refractivity contribution < 1.29 is 9.53 Å². The summed E-state index contributed by atoms with van der Waals surface area (Å²) in [7, 11) is 0. The molecule has 0 amide bonds. The van der Waals surface area contributed by atoms with Crippen LogP contribution in [0.2, 0.25) is 0 Å². The van der Waals surface area contributed by atoms with E-state index in [4.69, 9.17) is 4.74 Å². The van der Waals surface area contributed by atoms with Gasteiger partial charge in [0.2, 0.25) is 0 Å². The molecule has 140 valence electrons. The Morgan fingerprint density at radius 1 is 1.04 bits per heavy atom. The first-order valence-corrected chi connectivity index (χ1v) is 9.80. The van der Waals surface area contributed by atoms with Crippen molar-refractivity contribution in [3.63, 3.8) is 0 Å². The lowest BCUT2D eigenvalue weighted by molar-refractivity contribution is -0.154. The zero-order valence-corrected chi connectivity index (χ0v) is 16.0. The molecule has 0 atom stereocenters. The van der Waals surface area contributed by atoms with Gasteiger partial charge in [0.05, 0.1) is 0 Å². The summed E-state index contributed by atoms with van der Waals surface area (Å²) >= 11 is 0. The molecule has 2 saturated heterocycles. The highest BCUT2D eigenvalue weighted by Crippen LogP contribution is 2.15. The fourth-order valence-electron chi connectivity index (χ4n) is 3.62. The van der Waals surface area contributed by atoms with Gasteiger partial charge in [-0.05, 0) is 72.0 Å². The average molecular weight is 340 g/mol. The molecular formula is C19H37N3O2. The lowest BCUT2D eigenvalue weighted by Gasteiger charge is -2.37. The summed E-state index contributed by atoms with van der Waals surface area (Å²) in [5.74, 6) is 0.834. The van der Waals surface area contributed by atoms with E-state index in [0.29, 0.717) is 6.42 Å². The molecule has 2 heterocycles. The van der Waals surface area contributed by atoms with E-state index in [-0.39, 0.29) is 11.6 Å². The van der Waals surface area contributed by atoms with Gasteiger partial charge in [-0.2, -0.15) is 0 Å². The van der Waals surface area contributed by atoms with Gasteiger partial charge in [0.1, 0.15) is 5.60 Å². The Hall–Kier alpha value is -0.650. The summed E-state index contributed by atoms with van der Waals surface area (Å²) < 4.78 is 5.35. The topological polar surface area (TPSA) is 44.8 Å². The maximum absolute atomic E-state index is 11.7. The molecule has 2 fully saturated rings. The van der Waals surface area contributed by atoms with Gasteiger partial charge in [-0.3, -0.25) is 4.79 Å².